The second-order valence-corrected chi connectivity index (χ2v) is 4.77. The summed E-state index contributed by atoms with van der Waals surface area (Å²) in [5, 5.41) is 12.5. The summed E-state index contributed by atoms with van der Waals surface area (Å²) in [7, 11) is 0. The van der Waals surface area contributed by atoms with Crippen LogP contribution in [0.4, 0.5) is 5.69 Å². The Morgan fingerprint density at radius 1 is 1.50 bits per heavy atom. The van der Waals surface area contributed by atoms with E-state index in [0.717, 1.165) is 31.6 Å². The van der Waals surface area contributed by atoms with Crippen molar-refractivity contribution >= 4 is 5.69 Å². The fraction of sp³-hybridized carbons (Fsp3) is 0.571. The number of anilines is 1. The first-order valence-electron chi connectivity index (χ1n) is 6.67. The molecule has 0 saturated carbocycles. The summed E-state index contributed by atoms with van der Waals surface area (Å²) in [5.41, 5.74) is 1.36. The van der Waals surface area contributed by atoms with E-state index >= 15 is 0 Å². The molecule has 0 radical (unpaired) electrons. The van der Waals surface area contributed by atoms with Gasteiger partial charge in [-0.05, 0) is 37.9 Å². The minimum absolute atomic E-state index is 0.467. The lowest BCUT2D eigenvalue weighted by atomic mass is 10.0. The average molecular weight is 244 g/mol. The Labute approximate surface area is 109 Å². The molecule has 0 spiro atoms. The van der Waals surface area contributed by atoms with Gasteiger partial charge in [0.1, 0.15) is 6.07 Å². The Hall–Kier alpha value is -1.60. The van der Waals surface area contributed by atoms with Crippen molar-refractivity contribution in [3.63, 3.8) is 0 Å². The molecule has 0 bridgehead atoms. The average Bonchev–Trinajstić information content (AvgIpc) is 2.42. The first-order valence-corrected chi connectivity index (χ1v) is 6.67. The molecule has 1 N–H and O–H groups in total. The SMILES string of the molecule is CCCN1CCC(Nc2cccnc2C#N)CC1. The van der Waals surface area contributed by atoms with Crippen LogP contribution in [0.15, 0.2) is 18.3 Å². The monoisotopic (exact) mass is 244 g/mol. The van der Waals surface area contributed by atoms with Crippen molar-refractivity contribution in [1.29, 1.82) is 5.26 Å². The summed E-state index contributed by atoms with van der Waals surface area (Å²) in [6.45, 7) is 5.71. The molecule has 1 aromatic rings. The lowest BCUT2D eigenvalue weighted by Gasteiger charge is -2.32. The fourth-order valence-electron chi connectivity index (χ4n) is 2.45. The van der Waals surface area contributed by atoms with Gasteiger partial charge in [-0.3, -0.25) is 0 Å². The number of pyridine rings is 1. The second-order valence-electron chi connectivity index (χ2n) is 4.77. The van der Waals surface area contributed by atoms with Crippen LogP contribution >= 0.6 is 0 Å². The highest BCUT2D eigenvalue weighted by atomic mass is 15.1. The van der Waals surface area contributed by atoms with E-state index in [2.05, 4.69) is 28.2 Å². The maximum Gasteiger partial charge on any atom is 0.163 e. The Morgan fingerprint density at radius 3 is 2.94 bits per heavy atom. The van der Waals surface area contributed by atoms with Crippen LogP contribution in [-0.2, 0) is 0 Å². The quantitative estimate of drug-likeness (QED) is 0.882. The molecule has 18 heavy (non-hydrogen) atoms. The van der Waals surface area contributed by atoms with Crippen LogP contribution in [0, 0.1) is 11.3 Å². The number of aromatic nitrogens is 1. The molecule has 0 aromatic carbocycles. The van der Waals surface area contributed by atoms with Gasteiger partial charge >= 0.3 is 0 Å². The van der Waals surface area contributed by atoms with Crippen molar-refractivity contribution in [3.8, 4) is 6.07 Å². The molecule has 0 aliphatic carbocycles. The van der Waals surface area contributed by atoms with E-state index < -0.39 is 0 Å². The van der Waals surface area contributed by atoms with Gasteiger partial charge < -0.3 is 10.2 Å². The minimum Gasteiger partial charge on any atom is -0.380 e. The molecule has 0 amide bonds. The molecule has 96 valence electrons. The summed E-state index contributed by atoms with van der Waals surface area (Å²) in [6.07, 6.45) is 5.16. The molecular weight excluding hydrogens is 224 g/mol. The molecule has 2 heterocycles. The van der Waals surface area contributed by atoms with Crippen molar-refractivity contribution in [1.82, 2.24) is 9.88 Å². The van der Waals surface area contributed by atoms with Gasteiger partial charge in [-0.15, -0.1) is 0 Å². The van der Waals surface area contributed by atoms with E-state index in [0.29, 0.717) is 11.7 Å². The van der Waals surface area contributed by atoms with Crippen molar-refractivity contribution in [2.45, 2.75) is 32.2 Å². The third-order valence-electron chi connectivity index (χ3n) is 3.40. The van der Waals surface area contributed by atoms with Gasteiger partial charge in [0.15, 0.2) is 5.69 Å². The van der Waals surface area contributed by atoms with E-state index in [9.17, 15) is 0 Å². The van der Waals surface area contributed by atoms with Gasteiger partial charge in [0.05, 0.1) is 5.69 Å². The van der Waals surface area contributed by atoms with E-state index in [4.69, 9.17) is 5.26 Å². The number of nitriles is 1. The largest absolute Gasteiger partial charge is 0.380 e. The van der Waals surface area contributed by atoms with Gasteiger partial charge in [-0.1, -0.05) is 6.92 Å². The number of rotatable bonds is 4. The standard InChI is InChI=1S/C14H20N4/c1-2-8-18-9-5-12(6-10-18)17-13-4-3-7-16-14(13)11-15/h3-4,7,12,17H,2,5-6,8-10H2,1H3. The fourth-order valence-corrected chi connectivity index (χ4v) is 2.45. The second kappa shape index (κ2) is 6.36. The zero-order valence-corrected chi connectivity index (χ0v) is 10.9. The van der Waals surface area contributed by atoms with Crippen LogP contribution < -0.4 is 5.32 Å². The summed E-state index contributed by atoms with van der Waals surface area (Å²) in [5.74, 6) is 0. The van der Waals surface area contributed by atoms with Crippen LogP contribution in [0.2, 0.25) is 0 Å². The number of piperidine rings is 1. The van der Waals surface area contributed by atoms with Gasteiger partial charge in [-0.25, -0.2) is 4.98 Å². The van der Waals surface area contributed by atoms with E-state index in [1.807, 2.05) is 12.1 Å². The highest BCUT2D eigenvalue weighted by Crippen LogP contribution is 2.18. The number of hydrogen-bond acceptors (Lipinski definition) is 4. The zero-order valence-electron chi connectivity index (χ0n) is 10.9. The summed E-state index contributed by atoms with van der Waals surface area (Å²) in [4.78, 5) is 6.58. The number of likely N-dealkylation sites (tertiary alicyclic amines) is 1. The molecule has 4 heteroatoms. The van der Waals surface area contributed by atoms with Crippen LogP contribution in [0.1, 0.15) is 31.9 Å². The molecule has 1 aromatic heterocycles. The molecule has 2 rings (SSSR count). The molecule has 0 unspecified atom stereocenters. The van der Waals surface area contributed by atoms with Crippen LogP contribution in [0.25, 0.3) is 0 Å². The Morgan fingerprint density at radius 2 is 2.28 bits per heavy atom. The van der Waals surface area contributed by atoms with E-state index in [1.54, 1.807) is 6.20 Å². The van der Waals surface area contributed by atoms with E-state index in [-0.39, 0.29) is 0 Å². The summed E-state index contributed by atoms with van der Waals surface area (Å²) < 4.78 is 0. The third kappa shape index (κ3) is 3.21. The predicted molar refractivity (Wildman–Crippen MR) is 72.3 cm³/mol. The van der Waals surface area contributed by atoms with Crippen molar-refractivity contribution < 1.29 is 0 Å². The van der Waals surface area contributed by atoms with Crippen LogP contribution in [-0.4, -0.2) is 35.6 Å². The van der Waals surface area contributed by atoms with Gasteiger partial charge in [0.25, 0.3) is 0 Å². The Bertz CT molecular complexity index is 416. The maximum atomic E-state index is 9.00. The highest BCUT2D eigenvalue weighted by Gasteiger charge is 2.19. The van der Waals surface area contributed by atoms with Crippen LogP contribution in [0.3, 0.4) is 0 Å². The van der Waals surface area contributed by atoms with Crippen LogP contribution in [0.5, 0.6) is 0 Å². The molecule has 0 atom stereocenters. The predicted octanol–water partition coefficient (Wildman–Crippen LogP) is 2.24. The van der Waals surface area contributed by atoms with Crippen molar-refractivity contribution in [2.75, 3.05) is 25.0 Å². The Balaban J connectivity index is 1.90. The van der Waals surface area contributed by atoms with Crippen molar-refractivity contribution in [2.24, 2.45) is 0 Å². The minimum atomic E-state index is 0.467. The highest BCUT2D eigenvalue weighted by molar-refractivity contribution is 5.53. The number of nitrogens with zero attached hydrogens (tertiary/aromatic N) is 3. The molecule has 1 saturated heterocycles. The topological polar surface area (TPSA) is 52.0 Å². The smallest absolute Gasteiger partial charge is 0.163 e. The van der Waals surface area contributed by atoms with Gasteiger partial charge in [0, 0.05) is 25.3 Å². The van der Waals surface area contributed by atoms with Crippen molar-refractivity contribution in [3.05, 3.63) is 24.0 Å². The van der Waals surface area contributed by atoms with Gasteiger partial charge in [0.2, 0.25) is 0 Å². The maximum absolute atomic E-state index is 9.00. The molecule has 1 aliphatic rings. The molecule has 1 fully saturated rings. The third-order valence-corrected chi connectivity index (χ3v) is 3.40. The first kappa shape index (κ1) is 12.8. The lowest BCUT2D eigenvalue weighted by molar-refractivity contribution is 0.219. The van der Waals surface area contributed by atoms with Gasteiger partial charge in [-0.2, -0.15) is 5.26 Å². The first-order chi connectivity index (χ1) is 8.83. The lowest BCUT2D eigenvalue weighted by Crippen LogP contribution is -2.39. The molecular formula is C14H20N4. The summed E-state index contributed by atoms with van der Waals surface area (Å²) in [6, 6.07) is 6.40. The zero-order chi connectivity index (χ0) is 12.8. The number of nitrogens with one attached hydrogen (secondary N) is 1. The van der Waals surface area contributed by atoms with E-state index in [1.165, 1.54) is 13.0 Å². The molecule has 1 aliphatic heterocycles. The number of hydrogen-bond donors (Lipinski definition) is 1. The normalized spacial score (nSPS) is 17.3. The summed E-state index contributed by atoms with van der Waals surface area (Å²) >= 11 is 0. The Kier molecular flexibility index (Phi) is 4.54. The molecule has 4 nitrogen and oxygen atoms in total.